The lowest BCUT2D eigenvalue weighted by Crippen LogP contribution is -1.88. The van der Waals surface area contributed by atoms with Gasteiger partial charge in [-0.15, -0.1) is 0 Å². The van der Waals surface area contributed by atoms with Crippen LogP contribution in [0.25, 0.3) is 6.08 Å². The average Bonchev–Trinajstić information content (AvgIpc) is 2.02. The summed E-state index contributed by atoms with van der Waals surface area (Å²) >= 11 is 0. The molecular weight excluding hydrogens is 192 g/mol. The lowest BCUT2D eigenvalue weighted by atomic mass is 10.2. The zero-order chi connectivity index (χ0) is 9.90. The highest BCUT2D eigenvalue weighted by molar-refractivity contribution is 7.88. The molecule has 0 aliphatic carbocycles. The molecule has 13 heavy (non-hydrogen) atoms. The molecule has 4 nitrogen and oxygen atoms in total. The van der Waals surface area contributed by atoms with E-state index in [2.05, 4.69) is 0 Å². The lowest BCUT2D eigenvalue weighted by Gasteiger charge is -1.92. The third-order valence-corrected chi connectivity index (χ3v) is 1.81. The molecule has 2 N–H and O–H groups in total. The van der Waals surface area contributed by atoms with Gasteiger partial charge in [0.2, 0.25) is 0 Å². The highest BCUT2D eigenvalue weighted by Gasteiger charge is 1.95. The first kappa shape index (κ1) is 9.76. The van der Waals surface area contributed by atoms with Crippen molar-refractivity contribution in [3.8, 4) is 5.75 Å². The van der Waals surface area contributed by atoms with Crippen molar-refractivity contribution in [2.45, 2.75) is 0 Å². The highest BCUT2D eigenvalue weighted by Crippen LogP contribution is 2.10. The van der Waals surface area contributed by atoms with Gasteiger partial charge in [0.15, 0.2) is 0 Å². The van der Waals surface area contributed by atoms with E-state index in [1.54, 1.807) is 0 Å². The molecule has 0 amide bonds. The van der Waals surface area contributed by atoms with Crippen molar-refractivity contribution in [2.75, 3.05) is 0 Å². The molecule has 0 unspecified atom stereocenters. The molecule has 0 aliphatic heterocycles. The normalized spacial score (nSPS) is 12.1. The average molecular weight is 200 g/mol. The second kappa shape index (κ2) is 3.59. The third kappa shape index (κ3) is 3.73. The summed E-state index contributed by atoms with van der Waals surface area (Å²) in [5.41, 5.74) is 0.579. The molecule has 70 valence electrons. The number of hydrogen-bond donors (Lipinski definition) is 2. The maximum absolute atomic E-state index is 10.3. The van der Waals surface area contributed by atoms with Crippen LogP contribution in [-0.4, -0.2) is 18.1 Å². The van der Waals surface area contributed by atoms with Gasteiger partial charge in [0.05, 0.1) is 5.41 Å². The van der Waals surface area contributed by atoms with Crippen LogP contribution in [0.2, 0.25) is 0 Å². The van der Waals surface area contributed by atoms with E-state index in [9.17, 15) is 8.42 Å². The fourth-order valence-electron chi connectivity index (χ4n) is 0.750. The molecule has 1 aromatic rings. The molecule has 0 spiro atoms. The van der Waals surface area contributed by atoms with E-state index in [1.807, 2.05) is 0 Å². The standard InChI is InChI=1S/C8H8O4S/c9-8-3-1-7(2-4-8)5-6-13(10,11)12/h1-6,9H,(H,10,11,12). The van der Waals surface area contributed by atoms with Gasteiger partial charge in [-0.3, -0.25) is 4.55 Å². The first-order chi connectivity index (χ1) is 5.97. The number of phenols is 1. The van der Waals surface area contributed by atoms with Crippen LogP contribution in [0.3, 0.4) is 0 Å². The summed E-state index contributed by atoms with van der Waals surface area (Å²) in [4.78, 5) is 0. The maximum Gasteiger partial charge on any atom is 0.287 e. The van der Waals surface area contributed by atoms with Crippen LogP contribution < -0.4 is 0 Å². The highest BCUT2D eigenvalue weighted by atomic mass is 32.2. The SMILES string of the molecule is O=S(=O)(O)C=Cc1ccc(O)cc1. The van der Waals surface area contributed by atoms with Crippen LogP contribution in [0.4, 0.5) is 0 Å². The maximum atomic E-state index is 10.3. The molecule has 0 fully saturated rings. The van der Waals surface area contributed by atoms with E-state index in [4.69, 9.17) is 9.66 Å². The zero-order valence-electron chi connectivity index (χ0n) is 6.58. The first-order valence-corrected chi connectivity index (χ1v) is 4.92. The summed E-state index contributed by atoms with van der Waals surface area (Å²) in [6, 6.07) is 5.89. The fourth-order valence-corrected chi connectivity index (χ4v) is 1.08. The van der Waals surface area contributed by atoms with Gasteiger partial charge in [-0.1, -0.05) is 12.1 Å². The fraction of sp³-hybridized carbons (Fsp3) is 0. The second-order valence-electron chi connectivity index (χ2n) is 2.41. The van der Waals surface area contributed by atoms with Gasteiger partial charge in [-0.25, -0.2) is 0 Å². The summed E-state index contributed by atoms with van der Waals surface area (Å²) in [6.45, 7) is 0. The Morgan fingerprint density at radius 3 is 2.15 bits per heavy atom. The van der Waals surface area contributed by atoms with E-state index >= 15 is 0 Å². The Morgan fingerprint density at radius 1 is 1.15 bits per heavy atom. The Kier molecular flexibility index (Phi) is 2.69. The summed E-state index contributed by atoms with van der Waals surface area (Å²) in [6.07, 6.45) is 1.23. The van der Waals surface area contributed by atoms with Crippen LogP contribution in [0.1, 0.15) is 5.56 Å². The van der Waals surface area contributed by atoms with E-state index in [1.165, 1.54) is 30.3 Å². The predicted molar refractivity (Wildman–Crippen MR) is 48.7 cm³/mol. The van der Waals surface area contributed by atoms with Crippen molar-refractivity contribution >= 4 is 16.2 Å². The number of rotatable bonds is 2. The van der Waals surface area contributed by atoms with Crippen LogP contribution >= 0.6 is 0 Å². The van der Waals surface area contributed by atoms with Gasteiger partial charge in [0.25, 0.3) is 10.1 Å². The van der Waals surface area contributed by atoms with Gasteiger partial charge >= 0.3 is 0 Å². The molecular formula is C8H8O4S. The second-order valence-corrected chi connectivity index (χ2v) is 3.71. The zero-order valence-corrected chi connectivity index (χ0v) is 7.40. The van der Waals surface area contributed by atoms with Crippen molar-refractivity contribution in [1.29, 1.82) is 0 Å². The minimum atomic E-state index is -4.08. The van der Waals surface area contributed by atoms with E-state index in [0.29, 0.717) is 11.0 Å². The van der Waals surface area contributed by atoms with Crippen molar-refractivity contribution in [3.63, 3.8) is 0 Å². The Morgan fingerprint density at radius 2 is 1.69 bits per heavy atom. The lowest BCUT2D eigenvalue weighted by molar-refractivity contribution is 0.475. The van der Waals surface area contributed by atoms with Crippen molar-refractivity contribution in [2.24, 2.45) is 0 Å². The molecule has 0 saturated heterocycles. The van der Waals surface area contributed by atoms with Crippen molar-refractivity contribution < 1.29 is 18.1 Å². The monoisotopic (exact) mass is 200 g/mol. The van der Waals surface area contributed by atoms with Gasteiger partial charge in [-0.2, -0.15) is 8.42 Å². The first-order valence-electron chi connectivity index (χ1n) is 3.42. The van der Waals surface area contributed by atoms with E-state index < -0.39 is 10.1 Å². The summed E-state index contributed by atoms with van der Waals surface area (Å²) in [5, 5.41) is 9.57. The van der Waals surface area contributed by atoms with E-state index in [0.717, 1.165) is 0 Å². The number of aromatic hydroxyl groups is 1. The minimum Gasteiger partial charge on any atom is -0.508 e. The van der Waals surface area contributed by atoms with Crippen LogP contribution in [0.5, 0.6) is 5.75 Å². The summed E-state index contributed by atoms with van der Waals surface area (Å²) in [5.74, 6) is 0.101. The molecule has 5 heteroatoms. The molecule has 0 aromatic heterocycles. The van der Waals surface area contributed by atoms with Gasteiger partial charge in [-0.05, 0) is 23.8 Å². The molecule has 0 aliphatic rings. The smallest absolute Gasteiger partial charge is 0.287 e. The Hall–Kier alpha value is -1.33. The van der Waals surface area contributed by atoms with Crippen molar-refractivity contribution in [1.82, 2.24) is 0 Å². The molecule has 0 bridgehead atoms. The number of hydrogen-bond acceptors (Lipinski definition) is 3. The van der Waals surface area contributed by atoms with Gasteiger partial charge in [0.1, 0.15) is 5.75 Å². The molecule has 0 radical (unpaired) electrons. The van der Waals surface area contributed by atoms with Crippen LogP contribution in [-0.2, 0) is 10.1 Å². The third-order valence-electron chi connectivity index (χ3n) is 1.33. The van der Waals surface area contributed by atoms with Crippen LogP contribution in [0, 0.1) is 0 Å². The Balaban J connectivity index is 2.88. The number of benzene rings is 1. The molecule has 1 rings (SSSR count). The number of phenolic OH excluding ortho intramolecular Hbond substituents is 1. The van der Waals surface area contributed by atoms with Gasteiger partial charge < -0.3 is 5.11 Å². The predicted octanol–water partition coefficient (Wildman–Crippen LogP) is 1.25. The minimum absolute atomic E-state index is 0.101. The van der Waals surface area contributed by atoms with Gasteiger partial charge in [0, 0.05) is 0 Å². The van der Waals surface area contributed by atoms with Crippen molar-refractivity contribution in [3.05, 3.63) is 35.2 Å². The molecule has 0 heterocycles. The van der Waals surface area contributed by atoms with E-state index in [-0.39, 0.29) is 5.75 Å². The summed E-state index contributed by atoms with van der Waals surface area (Å²) < 4.78 is 29.0. The Bertz CT molecular complexity index is 402. The Labute approximate surface area is 75.9 Å². The quantitative estimate of drug-likeness (QED) is 0.704. The topological polar surface area (TPSA) is 74.6 Å². The largest absolute Gasteiger partial charge is 0.508 e. The molecule has 0 saturated carbocycles. The van der Waals surface area contributed by atoms with Crippen LogP contribution in [0.15, 0.2) is 29.7 Å². The summed E-state index contributed by atoms with van der Waals surface area (Å²) in [7, 11) is -4.08. The molecule has 1 aromatic carbocycles. The molecule has 0 atom stereocenters.